The van der Waals surface area contributed by atoms with Crippen molar-refractivity contribution in [2.45, 2.75) is 38.3 Å². The van der Waals surface area contributed by atoms with Crippen molar-refractivity contribution in [1.29, 1.82) is 0 Å². The number of amides is 1. The van der Waals surface area contributed by atoms with Crippen LogP contribution in [-0.2, 0) is 16.0 Å². The maximum atomic E-state index is 12.3. The number of carbonyl (C=O) groups is 2. The molecule has 1 amide bonds. The van der Waals surface area contributed by atoms with Crippen LogP contribution in [0.2, 0.25) is 0 Å². The molecule has 0 bridgehead atoms. The van der Waals surface area contributed by atoms with Crippen molar-refractivity contribution in [3.63, 3.8) is 0 Å². The van der Waals surface area contributed by atoms with Crippen LogP contribution < -0.4 is 5.32 Å². The van der Waals surface area contributed by atoms with Gasteiger partial charge in [-0.25, -0.2) is 4.79 Å². The van der Waals surface area contributed by atoms with Crippen LogP contribution in [0.15, 0.2) is 42.6 Å². The molecule has 1 aromatic carbocycles. The molecule has 0 fully saturated rings. The first-order chi connectivity index (χ1) is 11.1. The standard InChI is InChI=1S/C18H20N2O3/c1-12(23-18(22)16-10-5-11-19-16)17(21)20-15-9-4-7-13-6-2-3-8-14(13)15/h2-3,5-6,8,10-12,15,19H,4,7,9H2,1H3,(H,20,21)/t12-,15-/m1/s1. The van der Waals surface area contributed by atoms with Gasteiger partial charge in [-0.15, -0.1) is 0 Å². The molecule has 0 radical (unpaired) electrons. The lowest BCUT2D eigenvalue weighted by molar-refractivity contribution is -0.130. The van der Waals surface area contributed by atoms with Gasteiger partial charge in [0.25, 0.3) is 5.91 Å². The van der Waals surface area contributed by atoms with Crippen LogP contribution in [0.5, 0.6) is 0 Å². The number of esters is 1. The maximum absolute atomic E-state index is 12.3. The smallest absolute Gasteiger partial charge is 0.355 e. The third kappa shape index (κ3) is 3.44. The van der Waals surface area contributed by atoms with Gasteiger partial charge in [0.1, 0.15) is 5.69 Å². The minimum Gasteiger partial charge on any atom is -0.448 e. The third-order valence-corrected chi connectivity index (χ3v) is 4.16. The molecule has 1 aliphatic carbocycles. The quantitative estimate of drug-likeness (QED) is 0.853. The van der Waals surface area contributed by atoms with Gasteiger partial charge in [-0.3, -0.25) is 4.79 Å². The molecule has 120 valence electrons. The van der Waals surface area contributed by atoms with Crippen LogP contribution in [0, 0.1) is 0 Å². The van der Waals surface area contributed by atoms with Crippen molar-refractivity contribution in [1.82, 2.24) is 10.3 Å². The summed E-state index contributed by atoms with van der Waals surface area (Å²) in [4.78, 5) is 27.0. The van der Waals surface area contributed by atoms with Crippen molar-refractivity contribution < 1.29 is 14.3 Å². The van der Waals surface area contributed by atoms with E-state index in [4.69, 9.17) is 4.74 Å². The highest BCUT2D eigenvalue weighted by Gasteiger charge is 2.25. The van der Waals surface area contributed by atoms with Crippen LogP contribution in [-0.4, -0.2) is 23.0 Å². The number of hydrogen-bond acceptors (Lipinski definition) is 3. The fraction of sp³-hybridized carbons (Fsp3) is 0.333. The van der Waals surface area contributed by atoms with E-state index in [1.54, 1.807) is 25.3 Å². The monoisotopic (exact) mass is 312 g/mol. The van der Waals surface area contributed by atoms with Gasteiger partial charge in [0, 0.05) is 6.20 Å². The summed E-state index contributed by atoms with van der Waals surface area (Å²) in [5, 5.41) is 3.00. The number of ether oxygens (including phenoxy) is 1. The molecular weight excluding hydrogens is 292 g/mol. The van der Waals surface area contributed by atoms with Gasteiger partial charge in [-0.05, 0) is 49.4 Å². The van der Waals surface area contributed by atoms with Crippen molar-refractivity contribution in [2.24, 2.45) is 0 Å². The highest BCUT2D eigenvalue weighted by molar-refractivity contribution is 5.90. The summed E-state index contributed by atoms with van der Waals surface area (Å²) in [6, 6.07) is 11.5. The molecule has 5 heteroatoms. The first-order valence-corrected chi connectivity index (χ1v) is 7.87. The van der Waals surface area contributed by atoms with Gasteiger partial charge in [0.15, 0.2) is 6.10 Å². The Bertz CT molecular complexity index is 694. The van der Waals surface area contributed by atoms with Gasteiger partial charge in [0.2, 0.25) is 0 Å². The molecule has 1 heterocycles. The molecule has 1 aromatic heterocycles. The number of H-pyrrole nitrogens is 1. The highest BCUT2D eigenvalue weighted by atomic mass is 16.5. The Morgan fingerprint density at radius 1 is 1.26 bits per heavy atom. The molecule has 1 aliphatic rings. The summed E-state index contributed by atoms with van der Waals surface area (Å²) in [5.74, 6) is -0.798. The number of rotatable bonds is 4. The van der Waals surface area contributed by atoms with Gasteiger partial charge >= 0.3 is 5.97 Å². The summed E-state index contributed by atoms with van der Waals surface area (Å²) in [5.41, 5.74) is 2.78. The molecule has 2 atom stereocenters. The lowest BCUT2D eigenvalue weighted by Crippen LogP contribution is -2.39. The summed E-state index contributed by atoms with van der Waals surface area (Å²) < 4.78 is 5.20. The zero-order chi connectivity index (χ0) is 16.2. The number of aryl methyl sites for hydroxylation is 1. The van der Waals surface area contributed by atoms with Crippen LogP contribution in [0.1, 0.15) is 47.4 Å². The molecule has 0 spiro atoms. The van der Waals surface area contributed by atoms with E-state index in [1.165, 1.54) is 5.56 Å². The molecule has 0 saturated heterocycles. The molecule has 0 aliphatic heterocycles. The van der Waals surface area contributed by atoms with Crippen LogP contribution in [0.25, 0.3) is 0 Å². The van der Waals surface area contributed by atoms with E-state index in [0.717, 1.165) is 24.8 Å². The van der Waals surface area contributed by atoms with Gasteiger partial charge in [-0.2, -0.15) is 0 Å². The number of aromatic nitrogens is 1. The summed E-state index contributed by atoms with van der Waals surface area (Å²) in [6.45, 7) is 1.59. The molecule has 2 aromatic rings. The van der Waals surface area contributed by atoms with Crippen molar-refractivity contribution in [3.05, 3.63) is 59.4 Å². The Kier molecular flexibility index (Phi) is 4.46. The topological polar surface area (TPSA) is 71.2 Å². The van der Waals surface area contributed by atoms with Crippen molar-refractivity contribution >= 4 is 11.9 Å². The predicted molar refractivity (Wildman–Crippen MR) is 85.9 cm³/mol. The second kappa shape index (κ2) is 6.69. The van der Waals surface area contributed by atoms with E-state index < -0.39 is 12.1 Å². The minimum absolute atomic E-state index is 0.0147. The number of carbonyl (C=O) groups excluding carboxylic acids is 2. The fourth-order valence-corrected chi connectivity index (χ4v) is 2.93. The molecule has 2 N–H and O–H groups in total. The van der Waals surface area contributed by atoms with E-state index in [0.29, 0.717) is 5.69 Å². The van der Waals surface area contributed by atoms with Gasteiger partial charge in [0.05, 0.1) is 6.04 Å². The Morgan fingerprint density at radius 2 is 2.09 bits per heavy atom. The predicted octanol–water partition coefficient (Wildman–Crippen LogP) is 2.75. The first kappa shape index (κ1) is 15.3. The van der Waals surface area contributed by atoms with E-state index in [1.807, 2.05) is 12.1 Å². The van der Waals surface area contributed by atoms with Crippen LogP contribution >= 0.6 is 0 Å². The number of fused-ring (bicyclic) bond motifs is 1. The van der Waals surface area contributed by atoms with Crippen molar-refractivity contribution in [3.8, 4) is 0 Å². The Labute approximate surface area is 135 Å². The molecule has 0 saturated carbocycles. The fourth-order valence-electron chi connectivity index (χ4n) is 2.93. The van der Waals surface area contributed by atoms with E-state index in [-0.39, 0.29) is 11.9 Å². The molecule has 23 heavy (non-hydrogen) atoms. The first-order valence-electron chi connectivity index (χ1n) is 7.87. The summed E-state index contributed by atoms with van der Waals surface area (Å²) in [6.07, 6.45) is 3.79. The zero-order valence-electron chi connectivity index (χ0n) is 13.0. The van der Waals surface area contributed by atoms with Gasteiger partial charge < -0.3 is 15.0 Å². The maximum Gasteiger partial charge on any atom is 0.355 e. The molecule has 3 rings (SSSR count). The minimum atomic E-state index is -0.833. The van der Waals surface area contributed by atoms with E-state index >= 15 is 0 Å². The second-order valence-corrected chi connectivity index (χ2v) is 5.78. The second-order valence-electron chi connectivity index (χ2n) is 5.78. The normalized spacial score (nSPS) is 17.9. The Morgan fingerprint density at radius 3 is 2.87 bits per heavy atom. The van der Waals surface area contributed by atoms with Crippen LogP contribution in [0.3, 0.4) is 0 Å². The SMILES string of the molecule is C[C@@H](OC(=O)c1ccc[nH]1)C(=O)N[C@@H]1CCCc2ccccc21. The summed E-state index contributed by atoms with van der Waals surface area (Å²) >= 11 is 0. The molecule has 5 nitrogen and oxygen atoms in total. The van der Waals surface area contributed by atoms with Crippen molar-refractivity contribution in [2.75, 3.05) is 0 Å². The van der Waals surface area contributed by atoms with E-state index in [9.17, 15) is 9.59 Å². The lowest BCUT2D eigenvalue weighted by Gasteiger charge is -2.27. The Hall–Kier alpha value is -2.56. The average Bonchev–Trinajstić information content (AvgIpc) is 3.09. The highest BCUT2D eigenvalue weighted by Crippen LogP contribution is 2.29. The number of aromatic amines is 1. The largest absolute Gasteiger partial charge is 0.448 e. The van der Waals surface area contributed by atoms with Gasteiger partial charge in [-0.1, -0.05) is 24.3 Å². The lowest BCUT2D eigenvalue weighted by atomic mass is 9.87. The van der Waals surface area contributed by atoms with Crippen LogP contribution in [0.4, 0.5) is 0 Å². The molecule has 0 unspecified atom stereocenters. The third-order valence-electron chi connectivity index (χ3n) is 4.16. The Balaban J connectivity index is 1.62. The number of nitrogens with one attached hydrogen (secondary N) is 2. The number of hydrogen-bond donors (Lipinski definition) is 2. The number of benzene rings is 1. The molecular formula is C18H20N2O3. The average molecular weight is 312 g/mol. The zero-order valence-corrected chi connectivity index (χ0v) is 13.0. The van der Waals surface area contributed by atoms with E-state index in [2.05, 4.69) is 22.4 Å². The summed E-state index contributed by atoms with van der Waals surface area (Å²) in [7, 11) is 0.